The molecule has 0 aromatic heterocycles. The van der Waals surface area contributed by atoms with Crippen LogP contribution in [0.1, 0.15) is 127 Å². The van der Waals surface area contributed by atoms with Crippen LogP contribution in [-0.4, -0.2) is 293 Å². The number of primary amides is 2. The van der Waals surface area contributed by atoms with E-state index in [2.05, 4.69) is 75.4 Å². The molecular formula is C69H108N5O34P. The molecule has 20 N–H and O–H groups in total. The number of rotatable bonds is 37. The SMILES string of the molecule is C=C(C/C=C(\C)CCC=C(C)C)CCC(C)(C)/C=C/CC/C(C)=C\CO[C@H](COP(=O)(O)O[C@H]1OC(C(N)=O)[C@@](C)(O)[C@H](OC(N)=O)C1O[C@@H]1OC(CO[C@@H]2OC(CO)[C@@H](O)C(O)[C@@H]2O)[C@@H](O[C@@H]2OC(C)[C@@H](O[C@@H]3OC(C(=O)NC4=C(O)CCC4=O)[C@H](O)C(O)[C@@H]3O)C(O)C2NC(C)=O)C(O)[C@@H]1NC(C)=O)C(=O)O. The van der Waals surface area contributed by atoms with Crippen molar-refractivity contribution in [3.8, 4) is 0 Å². The number of aliphatic hydroxyl groups excluding tert-OH is 10. The van der Waals surface area contributed by atoms with Gasteiger partial charge in [-0.05, 0) is 91.9 Å². The van der Waals surface area contributed by atoms with Gasteiger partial charge in [-0.2, -0.15) is 0 Å². The van der Waals surface area contributed by atoms with E-state index in [-0.39, 0.29) is 24.9 Å². The molecule has 6 rings (SSSR count). The highest BCUT2D eigenvalue weighted by Crippen LogP contribution is 2.49. The van der Waals surface area contributed by atoms with Gasteiger partial charge in [-0.15, -0.1) is 0 Å². The number of ketones is 1. The van der Waals surface area contributed by atoms with Crippen LogP contribution >= 0.6 is 7.82 Å². The number of aliphatic hydroxyl groups is 11. The van der Waals surface area contributed by atoms with Crippen molar-refractivity contribution < 1.29 is 165 Å². The number of carboxylic acids is 1. The summed E-state index contributed by atoms with van der Waals surface area (Å²) >= 11 is 0. The Morgan fingerprint density at radius 3 is 1.88 bits per heavy atom. The van der Waals surface area contributed by atoms with Crippen molar-refractivity contribution in [2.75, 3.05) is 26.4 Å². The molecule has 5 saturated heterocycles. The Hall–Kier alpha value is -6.16. The third-order valence-electron chi connectivity index (χ3n) is 18.9. The zero-order valence-electron chi connectivity index (χ0n) is 62.2. The fourth-order valence-corrected chi connectivity index (χ4v) is 13.5. The normalized spacial score (nSPS) is 35.6. The zero-order valence-corrected chi connectivity index (χ0v) is 63.1. The predicted molar refractivity (Wildman–Crippen MR) is 372 cm³/mol. The predicted octanol–water partition coefficient (Wildman–Crippen LogP) is -2.03. The zero-order chi connectivity index (χ0) is 81.5. The van der Waals surface area contributed by atoms with Crippen molar-refractivity contribution in [2.45, 2.75) is 286 Å². The minimum Gasteiger partial charge on any atom is -0.510 e. The van der Waals surface area contributed by atoms with E-state index in [1.165, 1.54) is 18.1 Å². The number of nitrogens with one attached hydrogen (secondary N) is 3. The van der Waals surface area contributed by atoms with E-state index >= 15 is 0 Å². The van der Waals surface area contributed by atoms with Crippen LogP contribution in [0.5, 0.6) is 0 Å². The molecular weight excluding hydrogens is 1470 g/mol. The van der Waals surface area contributed by atoms with Crippen molar-refractivity contribution in [1.82, 2.24) is 16.0 Å². The molecule has 5 fully saturated rings. The molecule has 6 aliphatic rings. The Balaban J connectivity index is 1.25. The maximum Gasteiger partial charge on any atom is 0.474 e. The van der Waals surface area contributed by atoms with Crippen LogP contribution in [0.2, 0.25) is 0 Å². The number of carbonyl (C=O) groups excluding carboxylic acids is 6. The summed E-state index contributed by atoms with van der Waals surface area (Å²) in [6.07, 6.45) is -35.4. The lowest BCUT2D eigenvalue weighted by atomic mass is 9.85. The molecule has 109 heavy (non-hydrogen) atoms. The smallest absolute Gasteiger partial charge is 0.474 e. The van der Waals surface area contributed by atoms with Gasteiger partial charge in [-0.25, -0.2) is 14.2 Å². The molecule has 12 unspecified atom stereocenters. The van der Waals surface area contributed by atoms with Crippen LogP contribution < -0.4 is 27.4 Å². The van der Waals surface area contributed by atoms with Gasteiger partial charge in [0.1, 0.15) is 102 Å². The van der Waals surface area contributed by atoms with E-state index in [0.29, 0.717) is 12.8 Å². The summed E-state index contributed by atoms with van der Waals surface area (Å²) in [6.45, 7) is 16.8. The number of aliphatic carboxylic acids is 1. The van der Waals surface area contributed by atoms with Gasteiger partial charge in [0.05, 0.1) is 32.5 Å². The Labute approximate surface area is 628 Å². The average Bonchev–Trinajstić information content (AvgIpc) is 1.80. The van der Waals surface area contributed by atoms with E-state index in [9.17, 15) is 104 Å². The van der Waals surface area contributed by atoms with Gasteiger partial charge in [0.2, 0.25) is 17.7 Å². The van der Waals surface area contributed by atoms with E-state index in [0.717, 1.165) is 64.0 Å². The third-order valence-corrected chi connectivity index (χ3v) is 19.9. The van der Waals surface area contributed by atoms with E-state index in [1.807, 2.05) is 6.08 Å². The maximum absolute atomic E-state index is 14.1. The Morgan fingerprint density at radius 1 is 0.716 bits per heavy atom. The van der Waals surface area contributed by atoms with Crippen LogP contribution in [-0.2, 0) is 94.5 Å². The lowest BCUT2D eigenvalue weighted by molar-refractivity contribution is -0.375. The second-order valence-electron chi connectivity index (χ2n) is 28.9. The van der Waals surface area contributed by atoms with Gasteiger partial charge in [0.15, 0.2) is 67.8 Å². The van der Waals surface area contributed by atoms with E-state index in [1.54, 1.807) is 13.0 Å². The van der Waals surface area contributed by atoms with Gasteiger partial charge in [-0.1, -0.05) is 73.1 Å². The number of hydrogen-bond acceptors (Lipinski definition) is 32. The Kier molecular flexibility index (Phi) is 34.1. The van der Waals surface area contributed by atoms with Gasteiger partial charge in [-0.3, -0.25) is 33.0 Å². The molecule has 0 aromatic carbocycles. The fraction of sp³-hybridized carbons (Fsp3) is 0.725. The molecule has 0 radical (unpaired) electrons. The number of phosphoric ester groups is 1. The minimum absolute atomic E-state index is 0.128. The number of allylic oxidation sites excluding steroid dienone is 10. The second kappa shape index (κ2) is 40.5. The summed E-state index contributed by atoms with van der Waals surface area (Å²) < 4.78 is 88.9. The molecule has 0 spiro atoms. The topological polar surface area (TPSA) is 608 Å². The Morgan fingerprint density at radius 2 is 1.29 bits per heavy atom. The highest BCUT2D eigenvalue weighted by molar-refractivity contribution is 7.47. The van der Waals surface area contributed by atoms with Crippen LogP contribution in [0.25, 0.3) is 0 Å². The molecule has 1 aliphatic carbocycles. The van der Waals surface area contributed by atoms with E-state index in [4.69, 9.17) is 72.6 Å². The van der Waals surface area contributed by atoms with Crippen LogP contribution in [0.4, 0.5) is 4.79 Å². The highest BCUT2D eigenvalue weighted by Gasteiger charge is 2.62. The van der Waals surface area contributed by atoms with Crippen molar-refractivity contribution in [3.63, 3.8) is 0 Å². The molecule has 0 saturated carbocycles. The van der Waals surface area contributed by atoms with Crippen molar-refractivity contribution in [1.29, 1.82) is 0 Å². The van der Waals surface area contributed by atoms with Crippen molar-refractivity contribution in [3.05, 3.63) is 70.7 Å². The van der Waals surface area contributed by atoms with Gasteiger partial charge in [0.25, 0.3) is 5.91 Å². The number of phosphoric acid groups is 1. The average molecular weight is 1580 g/mol. The number of nitrogens with two attached hydrogens (primary N) is 2. The molecule has 618 valence electrons. The molecule has 5 heterocycles. The first-order chi connectivity index (χ1) is 50.9. The summed E-state index contributed by atoms with van der Waals surface area (Å²) in [5.74, 6) is -7.66. The van der Waals surface area contributed by atoms with Crippen LogP contribution in [0.15, 0.2) is 70.7 Å². The lowest BCUT2D eigenvalue weighted by Gasteiger charge is -2.52. The molecule has 0 aromatic rings. The van der Waals surface area contributed by atoms with Gasteiger partial charge >= 0.3 is 19.9 Å². The number of Topliss-reactive ketones (excluding diaryl/α,β-unsaturated/α-hetero) is 1. The first kappa shape index (κ1) is 91.7. The quantitative estimate of drug-likeness (QED) is 0.0236. The largest absolute Gasteiger partial charge is 0.510 e. The summed E-state index contributed by atoms with van der Waals surface area (Å²) in [6, 6.07) is -4.00. The summed E-state index contributed by atoms with van der Waals surface area (Å²) in [5.41, 5.74) is 12.0. The Bertz CT molecular complexity index is 3360. The van der Waals surface area contributed by atoms with Crippen molar-refractivity contribution >= 4 is 49.3 Å². The van der Waals surface area contributed by atoms with Crippen molar-refractivity contribution in [2.24, 2.45) is 16.9 Å². The molecule has 39 nitrogen and oxygen atoms in total. The monoisotopic (exact) mass is 1580 g/mol. The highest BCUT2D eigenvalue weighted by atomic mass is 31.2. The number of carboxylic acid groups (broad SMARTS) is 1. The standard InChI is InChI=1S/C69H108N5O34P/c1-30(2)15-14-17-31(3)18-19-33(5)22-25-68(9,10)24-13-12-16-32(4)23-26-96-41(61(90)91)29-98-109(94,95)108-66-56(57(107-67(71)92)69(11,93)58(106-66)59(70)88)105-63-44(73-36(8)77)47(82)54(40(101-63)28-97-64-51(86)48(83)45(80)39(27-75)100-64)103-62-43(72-35(7)76)46(81)53(34(6)99-62)102-65-52(87)49(84)50(85)55(104-65)60(89)74-42-37(78)20-21-38(42)79/h13,15,18,23-24,34,39-41,43-58,62-66,75,78,80-87,93H,5,12,14,16-17,19-22,25-29H2,1-4,6-11H3,(H2,70,88)(H2,71,92)(H,72,76)(H,73,77)(H,74,89)(H,90,91)(H,94,95)/b24-13+,31-18+,32-23-/t34?,39?,40?,41-,43?,44+,45-,46?,47?,48?,49?,50-,51+,52+,53-,54-,55?,56?,57-,58?,62+,63+,64-,65-,66-,69+/m1/s1. The molecule has 5 amide bonds. The number of amides is 5. The second-order valence-corrected chi connectivity index (χ2v) is 30.3. The number of carbonyl (C=O) groups is 7. The van der Waals surface area contributed by atoms with Crippen LogP contribution in [0, 0.1) is 5.41 Å². The summed E-state index contributed by atoms with van der Waals surface area (Å²) in [5, 5.41) is 139. The maximum atomic E-state index is 14.1. The number of hydrogen-bond donors (Lipinski definition) is 18. The summed E-state index contributed by atoms with van der Waals surface area (Å²) in [7, 11) is -5.85. The number of ether oxygens (including phenoxy) is 11. The first-order valence-corrected chi connectivity index (χ1v) is 36.9. The first-order valence-electron chi connectivity index (χ1n) is 35.4. The molecule has 27 atom stereocenters. The minimum atomic E-state index is -5.85. The molecule has 0 bridgehead atoms. The van der Waals surface area contributed by atoms with Gasteiger partial charge < -0.3 is 146 Å². The lowest BCUT2D eigenvalue weighted by Crippen LogP contribution is -2.72. The van der Waals surface area contributed by atoms with E-state index < -0.39 is 240 Å². The van der Waals surface area contributed by atoms with Gasteiger partial charge in [0, 0.05) is 26.7 Å². The molecule has 40 heteroatoms. The fourth-order valence-electron chi connectivity index (χ4n) is 12.6. The third kappa shape index (κ3) is 25.4. The van der Waals surface area contributed by atoms with Crippen LogP contribution in [0.3, 0.4) is 0 Å². The summed E-state index contributed by atoms with van der Waals surface area (Å²) in [4.78, 5) is 102. The molecule has 5 aliphatic heterocycles.